The van der Waals surface area contributed by atoms with Gasteiger partial charge in [0.1, 0.15) is 24.1 Å². The van der Waals surface area contributed by atoms with Gasteiger partial charge in [-0.05, 0) is 68.1 Å². The Morgan fingerprint density at radius 3 is 2.52 bits per heavy atom. The second-order valence-electron chi connectivity index (χ2n) is 10.6. The zero-order chi connectivity index (χ0) is 21.2. The van der Waals surface area contributed by atoms with Crippen LogP contribution in [0.4, 0.5) is 0 Å². The molecule has 0 radical (unpaired) electrons. The highest BCUT2D eigenvalue weighted by atomic mass is 16.5. The van der Waals surface area contributed by atoms with Crippen molar-refractivity contribution >= 4 is 17.5 Å². The summed E-state index contributed by atoms with van der Waals surface area (Å²) >= 11 is 0. The van der Waals surface area contributed by atoms with Crippen molar-refractivity contribution in [2.24, 2.45) is 34.5 Å². The van der Waals surface area contributed by atoms with Gasteiger partial charge < -0.3 is 14.9 Å². The van der Waals surface area contributed by atoms with E-state index in [4.69, 9.17) is 4.74 Å². The fraction of sp³-hybridized carbons (Fsp3) is 0.870. The number of carbonyl (C=O) groups is 3. The average Bonchev–Trinajstić information content (AvgIpc) is 2.92. The number of rotatable bonds is 3. The lowest BCUT2D eigenvalue weighted by Gasteiger charge is -2.60. The largest absolute Gasteiger partial charge is 0.463 e. The second kappa shape index (κ2) is 6.88. The van der Waals surface area contributed by atoms with Crippen LogP contribution in [0.1, 0.15) is 72.1 Å². The number of Topliss-reactive ketones (excluding diaryl/α,β-unsaturated/α-hetero) is 2. The van der Waals surface area contributed by atoms with Crippen molar-refractivity contribution in [1.29, 1.82) is 0 Å². The molecule has 4 rings (SSSR count). The van der Waals surface area contributed by atoms with Gasteiger partial charge >= 0.3 is 5.97 Å². The summed E-state index contributed by atoms with van der Waals surface area (Å²) in [6.07, 6.45) is 5.59. The quantitative estimate of drug-likeness (QED) is 0.698. The number of carbonyl (C=O) groups excluding carboxylic acids is 3. The van der Waals surface area contributed by atoms with Crippen molar-refractivity contribution in [3.05, 3.63) is 0 Å². The van der Waals surface area contributed by atoms with Gasteiger partial charge in [-0.2, -0.15) is 0 Å². The molecular formula is C23H34O6. The Bertz CT molecular complexity index is 733. The molecule has 162 valence electrons. The van der Waals surface area contributed by atoms with E-state index in [0.29, 0.717) is 12.3 Å². The molecule has 4 aliphatic rings. The first-order valence-electron chi connectivity index (χ1n) is 11.1. The second-order valence-corrected chi connectivity index (χ2v) is 10.6. The summed E-state index contributed by atoms with van der Waals surface area (Å²) in [7, 11) is 0. The van der Waals surface area contributed by atoms with Crippen LogP contribution < -0.4 is 0 Å². The molecule has 2 N–H and O–H groups in total. The first kappa shape index (κ1) is 21.0. The van der Waals surface area contributed by atoms with Crippen LogP contribution in [0.5, 0.6) is 0 Å². The van der Waals surface area contributed by atoms with Crippen molar-refractivity contribution in [3.63, 3.8) is 0 Å². The van der Waals surface area contributed by atoms with E-state index in [1.807, 2.05) is 6.92 Å². The van der Waals surface area contributed by atoms with Gasteiger partial charge in [0.2, 0.25) is 0 Å². The van der Waals surface area contributed by atoms with Gasteiger partial charge in [0.25, 0.3) is 0 Å². The molecule has 4 saturated carbocycles. The Labute approximate surface area is 172 Å². The summed E-state index contributed by atoms with van der Waals surface area (Å²) < 4.78 is 5.48. The summed E-state index contributed by atoms with van der Waals surface area (Å²) in [5, 5.41) is 20.6. The zero-order valence-electron chi connectivity index (χ0n) is 17.8. The van der Waals surface area contributed by atoms with Crippen molar-refractivity contribution in [3.8, 4) is 0 Å². The first-order chi connectivity index (χ1) is 13.6. The number of ether oxygens (including phenoxy) is 1. The minimum Gasteiger partial charge on any atom is -0.463 e. The number of hydrogen-bond acceptors (Lipinski definition) is 6. The third kappa shape index (κ3) is 2.85. The third-order valence-electron chi connectivity index (χ3n) is 9.40. The van der Waals surface area contributed by atoms with Gasteiger partial charge in [-0.3, -0.25) is 14.4 Å². The van der Waals surface area contributed by atoms with Gasteiger partial charge in [-0.25, -0.2) is 0 Å². The number of hydrogen-bond donors (Lipinski definition) is 2. The normalized spacial score (nSPS) is 49.0. The standard InChI is InChI=1S/C23H34O6/c1-13(25)29-15-6-8-21(2)14(10-15)4-5-16-17-7-9-23(28,19(27)12-24)22(17,3)11-18(26)20(16)21/h14-17,20,24,28H,4-12H2,1-3H3/t14-,15+,16+,17+,20-,21+,22+,23+/m1/s1. The molecule has 4 aliphatic carbocycles. The Balaban J connectivity index is 1.62. The highest BCUT2D eigenvalue weighted by Gasteiger charge is 2.68. The molecule has 29 heavy (non-hydrogen) atoms. The first-order valence-corrected chi connectivity index (χ1v) is 11.1. The molecule has 0 aromatic heterocycles. The van der Waals surface area contributed by atoms with E-state index >= 15 is 0 Å². The summed E-state index contributed by atoms with van der Waals surface area (Å²) in [5.41, 5.74) is -2.50. The Morgan fingerprint density at radius 2 is 1.86 bits per heavy atom. The summed E-state index contributed by atoms with van der Waals surface area (Å²) in [6, 6.07) is 0. The molecular weight excluding hydrogens is 372 g/mol. The average molecular weight is 407 g/mol. The fourth-order valence-electron chi connectivity index (χ4n) is 7.97. The molecule has 0 saturated heterocycles. The Morgan fingerprint density at radius 1 is 1.14 bits per heavy atom. The lowest BCUT2D eigenvalue weighted by atomic mass is 9.44. The molecule has 0 aliphatic heterocycles. The summed E-state index contributed by atoms with van der Waals surface area (Å²) in [6.45, 7) is 4.89. The minimum atomic E-state index is -1.60. The van der Waals surface area contributed by atoms with Crippen molar-refractivity contribution < 1.29 is 29.3 Å². The van der Waals surface area contributed by atoms with E-state index in [-0.39, 0.29) is 47.4 Å². The van der Waals surface area contributed by atoms with Crippen LogP contribution in [0.3, 0.4) is 0 Å². The van der Waals surface area contributed by atoms with Gasteiger partial charge in [-0.1, -0.05) is 13.8 Å². The maximum Gasteiger partial charge on any atom is 0.302 e. The van der Waals surface area contributed by atoms with E-state index in [0.717, 1.165) is 38.5 Å². The smallest absolute Gasteiger partial charge is 0.302 e. The molecule has 4 fully saturated rings. The molecule has 0 spiro atoms. The number of aliphatic hydroxyl groups excluding tert-OH is 1. The van der Waals surface area contributed by atoms with E-state index in [2.05, 4.69) is 6.92 Å². The maximum absolute atomic E-state index is 13.5. The lowest BCUT2D eigenvalue weighted by molar-refractivity contribution is -0.182. The minimum absolute atomic E-state index is 0.0511. The third-order valence-corrected chi connectivity index (χ3v) is 9.40. The van der Waals surface area contributed by atoms with Crippen LogP contribution in [-0.2, 0) is 19.1 Å². The molecule has 0 aromatic rings. The van der Waals surface area contributed by atoms with Gasteiger partial charge in [0.05, 0.1) is 0 Å². The topological polar surface area (TPSA) is 101 Å². The van der Waals surface area contributed by atoms with Crippen LogP contribution in [0.2, 0.25) is 0 Å². The highest BCUT2D eigenvalue weighted by molar-refractivity contribution is 5.92. The molecule has 0 bridgehead atoms. The molecule has 8 atom stereocenters. The number of esters is 1. The predicted molar refractivity (Wildman–Crippen MR) is 105 cm³/mol. The van der Waals surface area contributed by atoms with Gasteiger partial charge in [0.15, 0.2) is 5.78 Å². The van der Waals surface area contributed by atoms with Crippen LogP contribution >= 0.6 is 0 Å². The summed E-state index contributed by atoms with van der Waals surface area (Å²) in [4.78, 5) is 37.3. The molecule has 6 heteroatoms. The lowest BCUT2D eigenvalue weighted by Crippen LogP contribution is -2.62. The van der Waals surface area contributed by atoms with Crippen molar-refractivity contribution in [2.45, 2.75) is 83.8 Å². The van der Waals surface area contributed by atoms with Crippen molar-refractivity contribution in [1.82, 2.24) is 0 Å². The summed E-state index contributed by atoms with van der Waals surface area (Å²) in [5.74, 6) is -0.0225. The molecule has 0 aromatic carbocycles. The maximum atomic E-state index is 13.5. The SMILES string of the molecule is CC(=O)O[C@H]1CC[C@@]2(C)[C@H](CC[C@@H]3[C@@H]2C(=O)C[C@@]2(C)[C@H]3CC[C@]2(O)C(=O)CO)C1. The van der Waals surface area contributed by atoms with Crippen LogP contribution in [0.25, 0.3) is 0 Å². The van der Waals surface area contributed by atoms with E-state index < -0.39 is 23.4 Å². The van der Waals surface area contributed by atoms with Crippen LogP contribution in [0, 0.1) is 34.5 Å². The zero-order valence-corrected chi connectivity index (χ0v) is 17.8. The Hall–Kier alpha value is -1.27. The van der Waals surface area contributed by atoms with Gasteiger partial charge in [0, 0.05) is 24.7 Å². The Kier molecular flexibility index (Phi) is 4.97. The molecule has 0 heterocycles. The van der Waals surface area contributed by atoms with E-state index in [1.54, 1.807) is 0 Å². The van der Waals surface area contributed by atoms with Crippen LogP contribution in [-0.4, -0.2) is 46.1 Å². The fourth-order valence-corrected chi connectivity index (χ4v) is 7.97. The predicted octanol–water partition coefficient (Wildman–Crippen LogP) is 2.43. The number of ketones is 2. The molecule has 0 unspecified atom stereocenters. The van der Waals surface area contributed by atoms with E-state index in [9.17, 15) is 24.6 Å². The van der Waals surface area contributed by atoms with E-state index in [1.165, 1.54) is 6.92 Å². The monoisotopic (exact) mass is 406 g/mol. The highest BCUT2D eigenvalue weighted by Crippen LogP contribution is 2.67. The van der Waals surface area contributed by atoms with Crippen LogP contribution in [0.15, 0.2) is 0 Å². The molecule has 0 amide bonds. The number of aliphatic hydroxyl groups is 2. The van der Waals surface area contributed by atoms with Gasteiger partial charge in [-0.15, -0.1) is 0 Å². The van der Waals surface area contributed by atoms with Crippen molar-refractivity contribution in [2.75, 3.05) is 6.61 Å². The number of fused-ring (bicyclic) bond motifs is 5. The molecule has 6 nitrogen and oxygen atoms in total.